The third-order valence-electron chi connectivity index (χ3n) is 2.65. The lowest BCUT2D eigenvalue weighted by Gasteiger charge is -2.11. The zero-order valence-corrected chi connectivity index (χ0v) is 15.6. The second-order valence-corrected chi connectivity index (χ2v) is 7.29. The minimum Gasteiger partial charge on any atom is -0.232 e. The minimum atomic E-state index is 0.404. The van der Waals surface area contributed by atoms with E-state index in [0.29, 0.717) is 21.9 Å². The molecule has 2 aromatic rings. The van der Waals surface area contributed by atoms with Gasteiger partial charge in [0.25, 0.3) is 0 Å². The van der Waals surface area contributed by atoms with Gasteiger partial charge in [0.2, 0.25) is 0 Å². The quantitative estimate of drug-likeness (QED) is 0.535. The Morgan fingerprint density at radius 3 is 2.50 bits per heavy atom. The average Bonchev–Trinajstić information content (AvgIpc) is 2.37. The summed E-state index contributed by atoms with van der Waals surface area (Å²) in [5.41, 5.74) is 1.66. The van der Waals surface area contributed by atoms with Crippen molar-refractivity contribution in [3.63, 3.8) is 0 Å². The Labute approximate surface area is 145 Å². The summed E-state index contributed by atoms with van der Waals surface area (Å²) in [4.78, 5) is 8.91. The van der Waals surface area contributed by atoms with Crippen molar-refractivity contribution in [1.29, 1.82) is 0 Å². The molecule has 0 saturated heterocycles. The van der Waals surface area contributed by atoms with Gasteiger partial charge >= 0.3 is 0 Å². The van der Waals surface area contributed by atoms with Crippen LogP contribution < -0.4 is 0 Å². The van der Waals surface area contributed by atoms with Crippen LogP contribution in [0, 0.1) is 5.92 Å². The van der Waals surface area contributed by atoms with Crippen molar-refractivity contribution < 1.29 is 0 Å². The standard InChI is InChI=1S/C14H12Br2Cl2N2/c1-7(2)5-11-12(16)13(18)20-14(19-11)9-6-8(15)3-4-10(9)17/h3-4,6-7H,5H2,1-2H3. The van der Waals surface area contributed by atoms with Gasteiger partial charge in [-0.2, -0.15) is 0 Å². The van der Waals surface area contributed by atoms with Crippen molar-refractivity contribution in [2.75, 3.05) is 0 Å². The predicted molar refractivity (Wildman–Crippen MR) is 91.4 cm³/mol. The zero-order chi connectivity index (χ0) is 14.9. The highest BCUT2D eigenvalue weighted by atomic mass is 79.9. The molecule has 20 heavy (non-hydrogen) atoms. The maximum atomic E-state index is 6.23. The summed E-state index contributed by atoms with van der Waals surface area (Å²) in [7, 11) is 0. The van der Waals surface area contributed by atoms with Crippen LogP contribution >= 0.6 is 55.1 Å². The lowest BCUT2D eigenvalue weighted by atomic mass is 10.1. The van der Waals surface area contributed by atoms with Gasteiger partial charge in [-0.05, 0) is 46.5 Å². The molecule has 0 unspecified atom stereocenters. The van der Waals surface area contributed by atoms with Crippen LogP contribution in [0.3, 0.4) is 0 Å². The topological polar surface area (TPSA) is 25.8 Å². The second-order valence-electron chi connectivity index (χ2n) is 4.82. The number of aromatic nitrogens is 2. The molecule has 0 aliphatic heterocycles. The van der Waals surface area contributed by atoms with Crippen LogP contribution in [-0.2, 0) is 6.42 Å². The second kappa shape index (κ2) is 6.73. The van der Waals surface area contributed by atoms with Gasteiger partial charge in [0.1, 0.15) is 5.15 Å². The van der Waals surface area contributed by atoms with E-state index in [-0.39, 0.29) is 0 Å². The highest BCUT2D eigenvalue weighted by Crippen LogP contribution is 2.32. The molecule has 0 N–H and O–H groups in total. The highest BCUT2D eigenvalue weighted by molar-refractivity contribution is 9.10. The Bertz CT molecular complexity index is 645. The zero-order valence-electron chi connectivity index (χ0n) is 10.9. The maximum absolute atomic E-state index is 6.23. The van der Waals surface area contributed by atoms with Crippen molar-refractivity contribution in [3.05, 3.63) is 43.0 Å². The fraction of sp³-hybridized carbons (Fsp3) is 0.286. The molecule has 0 fully saturated rings. The van der Waals surface area contributed by atoms with Gasteiger partial charge in [-0.1, -0.05) is 53.0 Å². The lowest BCUT2D eigenvalue weighted by Crippen LogP contribution is -2.03. The van der Waals surface area contributed by atoms with E-state index in [1.54, 1.807) is 0 Å². The third kappa shape index (κ3) is 3.73. The first-order valence-corrected chi connectivity index (χ1v) is 8.40. The lowest BCUT2D eigenvalue weighted by molar-refractivity contribution is 0.632. The molecule has 0 aliphatic carbocycles. The molecule has 0 spiro atoms. The molecule has 0 amide bonds. The molecular formula is C14H12Br2Cl2N2. The van der Waals surface area contributed by atoms with E-state index in [4.69, 9.17) is 23.2 Å². The molecule has 2 rings (SSSR count). The molecule has 0 radical (unpaired) electrons. The van der Waals surface area contributed by atoms with Crippen LogP contribution in [0.25, 0.3) is 11.4 Å². The third-order valence-corrected chi connectivity index (χ3v) is 4.81. The number of rotatable bonds is 3. The molecule has 0 atom stereocenters. The molecule has 6 heteroatoms. The number of hydrogen-bond acceptors (Lipinski definition) is 2. The molecule has 1 aromatic carbocycles. The van der Waals surface area contributed by atoms with Crippen molar-refractivity contribution in [3.8, 4) is 11.4 Å². The summed E-state index contributed by atoms with van der Waals surface area (Å²) < 4.78 is 1.67. The Balaban J connectivity index is 2.57. The van der Waals surface area contributed by atoms with Crippen molar-refractivity contribution in [2.24, 2.45) is 5.92 Å². The molecule has 2 nitrogen and oxygen atoms in total. The van der Waals surface area contributed by atoms with Crippen LogP contribution in [0.15, 0.2) is 27.1 Å². The number of nitrogens with zero attached hydrogens (tertiary/aromatic N) is 2. The summed E-state index contributed by atoms with van der Waals surface area (Å²) in [6.45, 7) is 4.27. The Hall–Kier alpha value is -0.160. The van der Waals surface area contributed by atoms with Gasteiger partial charge < -0.3 is 0 Å². The number of halogens is 4. The van der Waals surface area contributed by atoms with Crippen molar-refractivity contribution >= 4 is 55.1 Å². The minimum absolute atomic E-state index is 0.404. The Kier molecular flexibility index (Phi) is 5.46. The normalized spacial score (nSPS) is 11.2. The summed E-state index contributed by atoms with van der Waals surface area (Å²) in [6.07, 6.45) is 0.821. The maximum Gasteiger partial charge on any atom is 0.162 e. The van der Waals surface area contributed by atoms with Crippen LogP contribution in [0.1, 0.15) is 19.5 Å². The van der Waals surface area contributed by atoms with Crippen LogP contribution in [-0.4, -0.2) is 9.97 Å². The van der Waals surface area contributed by atoms with E-state index in [1.807, 2.05) is 18.2 Å². The highest BCUT2D eigenvalue weighted by Gasteiger charge is 2.15. The van der Waals surface area contributed by atoms with Gasteiger partial charge in [-0.15, -0.1) is 0 Å². The number of benzene rings is 1. The Morgan fingerprint density at radius 2 is 1.85 bits per heavy atom. The average molecular weight is 439 g/mol. The predicted octanol–water partition coefficient (Wildman–Crippen LogP) is 6.17. The van der Waals surface area contributed by atoms with Crippen LogP contribution in [0.5, 0.6) is 0 Å². The first-order chi connectivity index (χ1) is 9.38. The van der Waals surface area contributed by atoms with Crippen LogP contribution in [0.4, 0.5) is 0 Å². The molecule has 106 valence electrons. The van der Waals surface area contributed by atoms with E-state index in [9.17, 15) is 0 Å². The largest absolute Gasteiger partial charge is 0.232 e. The Morgan fingerprint density at radius 1 is 1.15 bits per heavy atom. The molecule has 1 aromatic heterocycles. The molecular weight excluding hydrogens is 427 g/mol. The van der Waals surface area contributed by atoms with Crippen molar-refractivity contribution in [2.45, 2.75) is 20.3 Å². The molecule has 0 aliphatic rings. The van der Waals surface area contributed by atoms with Gasteiger partial charge in [0.15, 0.2) is 5.82 Å². The summed E-state index contributed by atoms with van der Waals surface area (Å²) in [5, 5.41) is 1.00. The van der Waals surface area contributed by atoms with Gasteiger partial charge in [0.05, 0.1) is 15.2 Å². The van der Waals surface area contributed by atoms with Gasteiger partial charge in [-0.25, -0.2) is 9.97 Å². The van der Waals surface area contributed by atoms with E-state index in [1.165, 1.54) is 0 Å². The monoisotopic (exact) mass is 436 g/mol. The first kappa shape index (κ1) is 16.2. The van der Waals surface area contributed by atoms with E-state index in [0.717, 1.165) is 26.6 Å². The summed E-state index contributed by atoms with van der Waals surface area (Å²) in [5.74, 6) is 1.02. The van der Waals surface area contributed by atoms with E-state index in [2.05, 4.69) is 55.7 Å². The van der Waals surface area contributed by atoms with Crippen molar-refractivity contribution in [1.82, 2.24) is 9.97 Å². The fourth-order valence-electron chi connectivity index (χ4n) is 1.77. The van der Waals surface area contributed by atoms with Gasteiger partial charge in [0, 0.05) is 10.0 Å². The van der Waals surface area contributed by atoms with E-state index < -0.39 is 0 Å². The molecule has 1 heterocycles. The SMILES string of the molecule is CC(C)Cc1nc(-c2cc(Br)ccc2Cl)nc(Cl)c1Br. The smallest absolute Gasteiger partial charge is 0.162 e. The molecule has 0 saturated carbocycles. The van der Waals surface area contributed by atoms with E-state index >= 15 is 0 Å². The van der Waals surface area contributed by atoms with Gasteiger partial charge in [-0.3, -0.25) is 0 Å². The fourth-order valence-corrected chi connectivity index (χ4v) is 2.87. The summed E-state index contributed by atoms with van der Waals surface area (Å²) in [6, 6.07) is 5.57. The van der Waals surface area contributed by atoms with Crippen LogP contribution in [0.2, 0.25) is 10.2 Å². The first-order valence-electron chi connectivity index (χ1n) is 6.05. The molecule has 0 bridgehead atoms. The summed E-state index contributed by atoms with van der Waals surface area (Å²) >= 11 is 19.3. The number of hydrogen-bond donors (Lipinski definition) is 0.